The molecule has 3 heteroatoms. The number of fused-ring (bicyclic) bond motifs is 2. The van der Waals surface area contributed by atoms with Gasteiger partial charge in [0.05, 0.1) is 0 Å². The lowest BCUT2D eigenvalue weighted by atomic mass is 9.55. The number of rotatable bonds is 0. The third-order valence-corrected chi connectivity index (χ3v) is 6.84. The van der Waals surface area contributed by atoms with E-state index in [4.69, 9.17) is 11.6 Å². The molecule has 7 atom stereocenters. The highest BCUT2D eigenvalue weighted by Crippen LogP contribution is 2.58. The predicted molar refractivity (Wildman–Crippen MR) is 72.9 cm³/mol. The Balaban J connectivity index is 1.72. The maximum atomic E-state index is 12.5. The maximum Gasteiger partial charge on any atom is 0.202 e. The van der Waals surface area contributed by atoms with E-state index in [1.165, 1.54) is 19.3 Å². The van der Waals surface area contributed by atoms with Gasteiger partial charge in [0, 0.05) is 17.2 Å². The van der Waals surface area contributed by atoms with Crippen molar-refractivity contribution in [1.82, 2.24) is 0 Å². The Hall–Kier alpha value is -0.370. The highest BCUT2D eigenvalue weighted by atomic mass is 35.5. The molecule has 0 spiro atoms. The first-order valence-electron chi connectivity index (χ1n) is 7.89. The van der Waals surface area contributed by atoms with Crippen LogP contribution >= 0.6 is 11.6 Å². The second-order valence-corrected chi connectivity index (χ2v) is 7.82. The van der Waals surface area contributed by atoms with E-state index in [1.807, 2.05) is 0 Å². The topological polar surface area (TPSA) is 34.1 Å². The third-order valence-electron chi connectivity index (χ3n) is 6.45. The summed E-state index contributed by atoms with van der Waals surface area (Å²) >= 11 is 6.34. The average molecular weight is 281 g/mol. The molecule has 4 rings (SSSR count). The minimum Gasteiger partial charge on any atom is -0.291 e. The Kier molecular flexibility index (Phi) is 2.81. The molecule has 4 aliphatic carbocycles. The van der Waals surface area contributed by atoms with Crippen LogP contribution < -0.4 is 0 Å². The van der Waals surface area contributed by atoms with Crippen LogP contribution in [0, 0.1) is 35.5 Å². The highest BCUT2D eigenvalue weighted by molar-refractivity contribution is 6.41. The second kappa shape index (κ2) is 4.31. The number of hydrogen-bond acceptors (Lipinski definition) is 2. The zero-order chi connectivity index (χ0) is 13.1. The molecule has 4 aliphatic rings. The van der Waals surface area contributed by atoms with Gasteiger partial charge in [0.1, 0.15) is 0 Å². The molecule has 0 N–H and O–H groups in total. The van der Waals surface area contributed by atoms with Crippen LogP contribution in [0.3, 0.4) is 0 Å². The van der Waals surface area contributed by atoms with Crippen LogP contribution in [0.25, 0.3) is 0 Å². The molecular weight excluding hydrogens is 260 g/mol. The van der Waals surface area contributed by atoms with Gasteiger partial charge in [-0.05, 0) is 55.8 Å². The van der Waals surface area contributed by atoms with E-state index in [1.54, 1.807) is 0 Å². The Morgan fingerprint density at radius 3 is 2.58 bits per heavy atom. The van der Waals surface area contributed by atoms with Crippen molar-refractivity contribution >= 4 is 23.2 Å². The van der Waals surface area contributed by atoms with Crippen molar-refractivity contribution in [2.75, 3.05) is 0 Å². The molecule has 7 unspecified atom stereocenters. The van der Waals surface area contributed by atoms with Gasteiger partial charge in [0.25, 0.3) is 0 Å². The Morgan fingerprint density at radius 2 is 1.74 bits per heavy atom. The number of Topliss-reactive ketones (excluding diaryl/α,β-unsaturated/α-hetero) is 2. The zero-order valence-corrected chi connectivity index (χ0v) is 11.9. The summed E-state index contributed by atoms with van der Waals surface area (Å²) in [5, 5.41) is 0.225. The maximum absolute atomic E-state index is 12.5. The van der Waals surface area contributed by atoms with Crippen molar-refractivity contribution in [3.05, 3.63) is 0 Å². The highest BCUT2D eigenvalue weighted by Gasteiger charge is 2.60. The van der Waals surface area contributed by atoms with Gasteiger partial charge < -0.3 is 0 Å². The first-order chi connectivity index (χ1) is 9.16. The van der Waals surface area contributed by atoms with E-state index in [2.05, 4.69) is 0 Å². The first-order valence-corrected chi connectivity index (χ1v) is 8.32. The Morgan fingerprint density at radius 1 is 0.895 bits per heavy atom. The van der Waals surface area contributed by atoms with Gasteiger partial charge in [-0.3, -0.25) is 9.59 Å². The minimum absolute atomic E-state index is 0.0256. The SMILES string of the molecule is O=C1C(=O)C2C3CC(Cl)CCC3CC3CCCC1C32. The van der Waals surface area contributed by atoms with Crippen molar-refractivity contribution in [3.8, 4) is 0 Å². The minimum atomic E-state index is -0.0305. The van der Waals surface area contributed by atoms with Gasteiger partial charge in [0.15, 0.2) is 0 Å². The van der Waals surface area contributed by atoms with Crippen LogP contribution in [0.2, 0.25) is 0 Å². The lowest BCUT2D eigenvalue weighted by Crippen LogP contribution is -2.45. The van der Waals surface area contributed by atoms with Crippen LogP contribution in [0.5, 0.6) is 0 Å². The number of halogens is 1. The molecule has 0 bridgehead atoms. The van der Waals surface area contributed by atoms with Gasteiger partial charge in [-0.25, -0.2) is 0 Å². The average Bonchev–Trinajstić information content (AvgIpc) is 2.67. The van der Waals surface area contributed by atoms with Crippen molar-refractivity contribution in [2.24, 2.45) is 35.5 Å². The zero-order valence-electron chi connectivity index (χ0n) is 11.2. The van der Waals surface area contributed by atoms with E-state index in [9.17, 15) is 9.59 Å². The fourth-order valence-corrected chi connectivity index (χ4v) is 6.11. The summed E-state index contributed by atoms with van der Waals surface area (Å²) in [6.45, 7) is 0. The summed E-state index contributed by atoms with van der Waals surface area (Å²) in [7, 11) is 0. The first kappa shape index (κ1) is 12.4. The molecule has 0 aromatic rings. The summed E-state index contributed by atoms with van der Waals surface area (Å²) in [6, 6.07) is 0. The smallest absolute Gasteiger partial charge is 0.202 e. The van der Waals surface area contributed by atoms with Crippen molar-refractivity contribution in [2.45, 2.75) is 50.3 Å². The quantitative estimate of drug-likeness (QED) is 0.504. The molecule has 0 saturated heterocycles. The van der Waals surface area contributed by atoms with Crippen LogP contribution in [0.1, 0.15) is 44.9 Å². The van der Waals surface area contributed by atoms with Crippen LogP contribution in [0.4, 0.5) is 0 Å². The summed E-state index contributed by atoms with van der Waals surface area (Å²) in [5.74, 6) is 2.17. The Labute approximate surface area is 119 Å². The number of carbonyl (C=O) groups excluding carboxylic acids is 2. The van der Waals surface area contributed by atoms with E-state index in [0.717, 1.165) is 25.7 Å². The molecule has 0 radical (unpaired) electrons. The molecule has 0 aliphatic heterocycles. The normalized spacial score (nSPS) is 52.8. The molecule has 2 nitrogen and oxygen atoms in total. The number of ketones is 2. The summed E-state index contributed by atoms with van der Waals surface area (Å²) in [4.78, 5) is 24.7. The van der Waals surface area contributed by atoms with Gasteiger partial charge >= 0.3 is 0 Å². The van der Waals surface area contributed by atoms with Crippen molar-refractivity contribution < 1.29 is 9.59 Å². The van der Waals surface area contributed by atoms with E-state index < -0.39 is 0 Å². The van der Waals surface area contributed by atoms with Gasteiger partial charge in [0.2, 0.25) is 11.6 Å². The molecule has 104 valence electrons. The summed E-state index contributed by atoms with van der Waals surface area (Å²) in [5.41, 5.74) is 0. The molecule has 4 saturated carbocycles. The van der Waals surface area contributed by atoms with E-state index >= 15 is 0 Å². The molecule has 0 heterocycles. The predicted octanol–water partition coefficient (Wildman–Crippen LogP) is 3.21. The van der Waals surface area contributed by atoms with Gasteiger partial charge in [-0.2, -0.15) is 0 Å². The number of alkyl halides is 1. The molecule has 4 fully saturated rings. The molecule has 0 amide bonds. The van der Waals surface area contributed by atoms with Crippen LogP contribution in [0.15, 0.2) is 0 Å². The second-order valence-electron chi connectivity index (χ2n) is 7.20. The molecular formula is C16H21ClO2. The van der Waals surface area contributed by atoms with Gasteiger partial charge in [-0.1, -0.05) is 12.8 Å². The number of carbonyl (C=O) groups is 2. The summed E-state index contributed by atoms with van der Waals surface area (Å²) in [6.07, 6.45) is 7.84. The fraction of sp³-hybridized carbons (Fsp3) is 0.875. The summed E-state index contributed by atoms with van der Waals surface area (Å²) < 4.78 is 0. The van der Waals surface area contributed by atoms with Crippen molar-refractivity contribution in [1.29, 1.82) is 0 Å². The monoisotopic (exact) mass is 280 g/mol. The standard InChI is InChI=1S/C16H21ClO2/c17-10-5-4-8-6-9-2-1-3-11-13(9)14(12(8)7-10)16(19)15(11)18/h8-14H,1-7H2. The molecule has 0 aromatic heterocycles. The largest absolute Gasteiger partial charge is 0.291 e. The Bertz CT molecular complexity index is 432. The van der Waals surface area contributed by atoms with Crippen LogP contribution in [-0.2, 0) is 9.59 Å². The fourth-order valence-electron chi connectivity index (χ4n) is 5.78. The van der Waals surface area contributed by atoms with E-state index in [0.29, 0.717) is 23.7 Å². The van der Waals surface area contributed by atoms with Gasteiger partial charge in [-0.15, -0.1) is 11.6 Å². The third kappa shape index (κ3) is 1.68. The lowest BCUT2D eigenvalue weighted by molar-refractivity contribution is -0.138. The van der Waals surface area contributed by atoms with Crippen molar-refractivity contribution in [3.63, 3.8) is 0 Å². The van der Waals surface area contributed by atoms with Crippen LogP contribution in [-0.4, -0.2) is 16.9 Å². The van der Waals surface area contributed by atoms with E-state index in [-0.39, 0.29) is 28.8 Å². The lowest BCUT2D eigenvalue weighted by Gasteiger charge is -2.49. The number of hydrogen-bond donors (Lipinski definition) is 0. The molecule has 19 heavy (non-hydrogen) atoms. The molecule has 0 aromatic carbocycles.